The number of anilines is 1. The maximum atomic E-state index is 13.3. The number of urea groups is 2. The summed E-state index contributed by atoms with van der Waals surface area (Å²) in [5, 5.41) is 8.25. The molecule has 1 unspecified atom stereocenters. The molecule has 10 heteroatoms. The molecule has 1 atom stereocenters. The molecule has 1 spiro atoms. The number of nitrogens with one attached hydrogen (secondary N) is 3. The highest BCUT2D eigenvalue weighted by molar-refractivity contribution is 6.07. The van der Waals surface area contributed by atoms with E-state index >= 15 is 0 Å². The number of imide groups is 1. The molecular weight excluding hydrogens is 441 g/mol. The fourth-order valence-electron chi connectivity index (χ4n) is 5.18. The minimum atomic E-state index is -0.771. The maximum Gasteiger partial charge on any atom is 0.325 e. The van der Waals surface area contributed by atoms with Gasteiger partial charge in [-0.2, -0.15) is 0 Å². The summed E-state index contributed by atoms with van der Waals surface area (Å²) in [4.78, 5) is 53.2. The third-order valence-corrected chi connectivity index (χ3v) is 7.01. The number of hydrogen-bond acceptors (Lipinski definition) is 4. The van der Waals surface area contributed by atoms with Crippen molar-refractivity contribution < 1.29 is 23.6 Å². The van der Waals surface area contributed by atoms with Crippen LogP contribution in [0.2, 0.25) is 0 Å². The summed E-state index contributed by atoms with van der Waals surface area (Å²) in [5.41, 5.74) is -0.403. The van der Waals surface area contributed by atoms with Crippen molar-refractivity contribution in [1.29, 1.82) is 0 Å². The zero-order chi connectivity index (χ0) is 24.1. The number of benzene rings is 1. The molecule has 1 aromatic rings. The van der Waals surface area contributed by atoms with Gasteiger partial charge in [0.2, 0.25) is 5.91 Å². The van der Waals surface area contributed by atoms with Gasteiger partial charge in [-0.3, -0.25) is 14.5 Å². The minimum absolute atomic E-state index is 0.0840. The summed E-state index contributed by atoms with van der Waals surface area (Å²) in [6.45, 7) is 1.60. The topological polar surface area (TPSA) is 111 Å². The molecule has 3 aliphatic rings. The van der Waals surface area contributed by atoms with Crippen molar-refractivity contribution in [3.63, 3.8) is 0 Å². The van der Waals surface area contributed by atoms with Crippen molar-refractivity contribution in [3.05, 3.63) is 30.1 Å². The first-order valence-corrected chi connectivity index (χ1v) is 12.1. The lowest BCUT2D eigenvalue weighted by molar-refractivity contribution is -0.135. The summed E-state index contributed by atoms with van der Waals surface area (Å²) in [7, 11) is 0. The summed E-state index contributed by atoms with van der Waals surface area (Å²) >= 11 is 0. The van der Waals surface area contributed by atoms with Gasteiger partial charge < -0.3 is 20.9 Å². The number of hydrogen-bond donors (Lipinski definition) is 3. The Hall–Kier alpha value is -3.17. The fraction of sp³-hybridized carbons (Fsp3) is 0.583. The highest BCUT2D eigenvalue weighted by atomic mass is 19.1. The van der Waals surface area contributed by atoms with Crippen molar-refractivity contribution in [1.82, 2.24) is 20.4 Å². The Balaban J connectivity index is 1.22. The summed E-state index contributed by atoms with van der Waals surface area (Å²) in [6.07, 6.45) is 6.02. The number of rotatable bonds is 6. The van der Waals surface area contributed by atoms with Gasteiger partial charge in [0.05, 0.1) is 0 Å². The van der Waals surface area contributed by atoms with Gasteiger partial charge in [-0.15, -0.1) is 0 Å². The Kier molecular flexibility index (Phi) is 7.33. The Bertz CT molecular complexity index is 949. The van der Waals surface area contributed by atoms with Crippen LogP contribution >= 0.6 is 0 Å². The molecule has 3 N–H and O–H groups in total. The molecule has 1 aliphatic carbocycles. The van der Waals surface area contributed by atoms with Crippen LogP contribution in [0, 0.1) is 11.7 Å². The Morgan fingerprint density at radius 2 is 1.94 bits per heavy atom. The standard InChI is InChI=1S/C24H32FN5O4/c25-18-7-4-8-19(14-18)27-22(33)26-15-17-6-5-12-29(16-17)20(31)9-13-30-21(32)24(28-23(30)34)10-2-1-3-11-24/h4,7-8,14,17H,1-3,5-6,9-13,15-16H2,(H,28,34)(H2,26,27,33). The first kappa shape index (κ1) is 24.0. The molecule has 2 heterocycles. The molecule has 0 aromatic heterocycles. The van der Waals surface area contributed by atoms with Crippen LogP contribution in [0.1, 0.15) is 51.4 Å². The summed E-state index contributed by atoms with van der Waals surface area (Å²) in [5.74, 6) is -0.631. The van der Waals surface area contributed by atoms with Gasteiger partial charge in [0.25, 0.3) is 5.91 Å². The van der Waals surface area contributed by atoms with E-state index in [0.29, 0.717) is 38.2 Å². The van der Waals surface area contributed by atoms with Crippen LogP contribution in [-0.2, 0) is 9.59 Å². The highest BCUT2D eigenvalue weighted by Crippen LogP contribution is 2.33. The van der Waals surface area contributed by atoms with E-state index in [0.717, 1.165) is 32.1 Å². The van der Waals surface area contributed by atoms with Gasteiger partial charge in [0, 0.05) is 38.3 Å². The smallest absolute Gasteiger partial charge is 0.325 e. The molecular formula is C24H32FN5O4. The second-order valence-electron chi connectivity index (χ2n) is 9.47. The average Bonchev–Trinajstić information content (AvgIpc) is 3.05. The highest BCUT2D eigenvalue weighted by Gasteiger charge is 2.51. The number of piperidine rings is 1. The number of likely N-dealkylation sites (tertiary alicyclic amines) is 1. The molecule has 1 saturated carbocycles. The third kappa shape index (κ3) is 5.48. The van der Waals surface area contributed by atoms with Gasteiger partial charge in [-0.05, 0) is 49.8 Å². The van der Waals surface area contributed by atoms with E-state index in [-0.39, 0.29) is 30.7 Å². The second kappa shape index (κ2) is 10.4. The minimum Gasteiger partial charge on any atom is -0.342 e. The Morgan fingerprint density at radius 1 is 1.15 bits per heavy atom. The number of halogens is 1. The fourth-order valence-corrected chi connectivity index (χ4v) is 5.18. The lowest BCUT2D eigenvalue weighted by Gasteiger charge is -2.33. The zero-order valence-corrected chi connectivity index (χ0v) is 19.3. The van der Waals surface area contributed by atoms with Crippen molar-refractivity contribution in [3.8, 4) is 0 Å². The molecule has 2 aliphatic heterocycles. The van der Waals surface area contributed by atoms with Gasteiger partial charge in [-0.25, -0.2) is 14.0 Å². The molecule has 6 amide bonds. The lowest BCUT2D eigenvalue weighted by atomic mass is 9.82. The molecule has 4 rings (SSSR count). The van der Waals surface area contributed by atoms with Crippen LogP contribution in [0.5, 0.6) is 0 Å². The maximum absolute atomic E-state index is 13.3. The summed E-state index contributed by atoms with van der Waals surface area (Å²) < 4.78 is 13.3. The van der Waals surface area contributed by atoms with Crippen LogP contribution in [0.15, 0.2) is 24.3 Å². The second-order valence-corrected chi connectivity index (χ2v) is 9.47. The molecule has 1 aromatic carbocycles. The molecule has 2 saturated heterocycles. The third-order valence-electron chi connectivity index (χ3n) is 7.01. The quantitative estimate of drug-likeness (QED) is 0.552. The Labute approximate surface area is 198 Å². The molecule has 0 bridgehead atoms. The summed E-state index contributed by atoms with van der Waals surface area (Å²) in [6, 6.07) is 4.84. The van der Waals surface area contributed by atoms with Crippen LogP contribution in [-0.4, -0.2) is 65.4 Å². The number of carbonyl (C=O) groups excluding carboxylic acids is 4. The molecule has 9 nitrogen and oxygen atoms in total. The van der Waals surface area contributed by atoms with E-state index in [1.165, 1.54) is 23.1 Å². The van der Waals surface area contributed by atoms with Gasteiger partial charge in [0.15, 0.2) is 0 Å². The van der Waals surface area contributed by atoms with Crippen molar-refractivity contribution in [2.24, 2.45) is 5.92 Å². The van der Waals surface area contributed by atoms with E-state index in [9.17, 15) is 23.6 Å². The van der Waals surface area contributed by atoms with Crippen LogP contribution in [0.4, 0.5) is 19.7 Å². The largest absolute Gasteiger partial charge is 0.342 e. The molecule has 34 heavy (non-hydrogen) atoms. The van der Waals surface area contributed by atoms with E-state index in [2.05, 4.69) is 16.0 Å². The van der Waals surface area contributed by atoms with Crippen LogP contribution in [0.25, 0.3) is 0 Å². The van der Waals surface area contributed by atoms with Crippen LogP contribution in [0.3, 0.4) is 0 Å². The van der Waals surface area contributed by atoms with Crippen LogP contribution < -0.4 is 16.0 Å². The predicted octanol–water partition coefficient (Wildman–Crippen LogP) is 2.83. The monoisotopic (exact) mass is 473 g/mol. The predicted molar refractivity (Wildman–Crippen MR) is 123 cm³/mol. The van der Waals surface area contributed by atoms with E-state index in [1.807, 2.05) is 0 Å². The van der Waals surface area contributed by atoms with Gasteiger partial charge >= 0.3 is 12.1 Å². The lowest BCUT2D eigenvalue weighted by Crippen LogP contribution is -2.48. The number of carbonyl (C=O) groups is 4. The molecule has 0 radical (unpaired) electrons. The zero-order valence-electron chi connectivity index (χ0n) is 19.3. The van der Waals surface area contributed by atoms with E-state index in [1.54, 1.807) is 11.0 Å². The molecule has 3 fully saturated rings. The van der Waals surface area contributed by atoms with E-state index in [4.69, 9.17) is 0 Å². The average molecular weight is 474 g/mol. The van der Waals surface area contributed by atoms with Crippen molar-refractivity contribution in [2.75, 3.05) is 31.5 Å². The van der Waals surface area contributed by atoms with Crippen molar-refractivity contribution >= 4 is 29.6 Å². The van der Waals surface area contributed by atoms with Gasteiger partial charge in [-0.1, -0.05) is 25.3 Å². The number of amides is 6. The number of nitrogens with zero attached hydrogens (tertiary/aromatic N) is 2. The molecule has 184 valence electrons. The first-order valence-electron chi connectivity index (χ1n) is 12.1. The Morgan fingerprint density at radius 3 is 2.71 bits per heavy atom. The van der Waals surface area contributed by atoms with Gasteiger partial charge in [0.1, 0.15) is 11.4 Å². The first-order chi connectivity index (χ1) is 16.4. The normalized spacial score (nSPS) is 22.0. The van der Waals surface area contributed by atoms with E-state index < -0.39 is 23.4 Å². The SMILES string of the molecule is O=C(NCC1CCCN(C(=O)CCN2C(=O)NC3(CCCCC3)C2=O)C1)Nc1cccc(F)c1. The van der Waals surface area contributed by atoms with Crippen molar-refractivity contribution in [2.45, 2.75) is 56.9 Å².